The van der Waals surface area contributed by atoms with Crippen LogP contribution in [0.3, 0.4) is 0 Å². The summed E-state index contributed by atoms with van der Waals surface area (Å²) in [4.78, 5) is 27.0. The number of aromatic carboxylic acids is 1. The summed E-state index contributed by atoms with van der Waals surface area (Å²) in [5, 5.41) is 11.7. The fourth-order valence-electron chi connectivity index (χ4n) is 1.69. The lowest BCUT2D eigenvalue weighted by molar-refractivity contribution is 0.0698. The lowest BCUT2D eigenvalue weighted by atomic mass is 10.1. The van der Waals surface area contributed by atoms with Crippen molar-refractivity contribution in [1.82, 2.24) is 4.98 Å². The fraction of sp³-hybridized carbons (Fsp3) is 0.0714. The van der Waals surface area contributed by atoms with Crippen LogP contribution in [0.15, 0.2) is 42.7 Å². The summed E-state index contributed by atoms with van der Waals surface area (Å²) in [6, 6.07) is 8.09. The number of aromatic nitrogens is 1. The Morgan fingerprint density at radius 2 is 2.00 bits per heavy atom. The maximum Gasteiger partial charge on any atom is 0.337 e. The second-order valence-electron chi connectivity index (χ2n) is 4.00. The minimum Gasteiger partial charge on any atom is -0.478 e. The van der Waals surface area contributed by atoms with Crippen LogP contribution in [0.1, 0.15) is 26.3 Å². The first-order valence-electron chi connectivity index (χ1n) is 5.64. The summed E-state index contributed by atoms with van der Waals surface area (Å²) in [7, 11) is 0. The minimum absolute atomic E-state index is 0.0669. The molecule has 0 bridgehead atoms. The Kier molecular flexibility index (Phi) is 3.56. The molecule has 0 saturated carbocycles. The van der Waals surface area contributed by atoms with Gasteiger partial charge in [0.15, 0.2) is 0 Å². The SMILES string of the molecule is Cc1cccc(C(=O)O)c1NC(=O)c1cccnc1. The van der Waals surface area contributed by atoms with Crippen LogP contribution in [0.25, 0.3) is 0 Å². The highest BCUT2D eigenvalue weighted by atomic mass is 16.4. The van der Waals surface area contributed by atoms with E-state index >= 15 is 0 Å². The molecule has 5 heteroatoms. The van der Waals surface area contributed by atoms with E-state index in [1.807, 2.05) is 0 Å². The molecule has 0 radical (unpaired) electrons. The number of carboxylic acid groups (broad SMARTS) is 1. The molecule has 0 unspecified atom stereocenters. The van der Waals surface area contributed by atoms with Gasteiger partial charge in [0.25, 0.3) is 5.91 Å². The van der Waals surface area contributed by atoms with Crippen LogP contribution in [0.5, 0.6) is 0 Å². The number of carboxylic acids is 1. The van der Waals surface area contributed by atoms with Crippen molar-refractivity contribution >= 4 is 17.6 Å². The van der Waals surface area contributed by atoms with Gasteiger partial charge in [0.1, 0.15) is 0 Å². The predicted molar refractivity (Wildman–Crippen MR) is 70.3 cm³/mol. The Bertz CT molecular complexity index is 624. The molecule has 5 nitrogen and oxygen atoms in total. The molecule has 1 heterocycles. The van der Waals surface area contributed by atoms with Gasteiger partial charge in [-0.1, -0.05) is 12.1 Å². The van der Waals surface area contributed by atoms with E-state index in [4.69, 9.17) is 5.11 Å². The van der Waals surface area contributed by atoms with Crippen molar-refractivity contribution in [2.45, 2.75) is 6.92 Å². The van der Waals surface area contributed by atoms with Crippen molar-refractivity contribution in [3.05, 3.63) is 59.4 Å². The zero-order chi connectivity index (χ0) is 13.8. The molecule has 0 aliphatic carbocycles. The monoisotopic (exact) mass is 256 g/mol. The normalized spacial score (nSPS) is 9.95. The molecule has 0 fully saturated rings. The topological polar surface area (TPSA) is 79.3 Å². The third-order valence-corrected chi connectivity index (χ3v) is 2.67. The third-order valence-electron chi connectivity index (χ3n) is 2.67. The summed E-state index contributed by atoms with van der Waals surface area (Å²) in [5.74, 6) is -1.46. The molecule has 2 aromatic rings. The average Bonchev–Trinajstić information content (AvgIpc) is 2.41. The van der Waals surface area contributed by atoms with Gasteiger partial charge in [-0.15, -0.1) is 0 Å². The quantitative estimate of drug-likeness (QED) is 0.883. The van der Waals surface area contributed by atoms with E-state index in [1.54, 1.807) is 37.4 Å². The van der Waals surface area contributed by atoms with Crippen molar-refractivity contribution in [1.29, 1.82) is 0 Å². The summed E-state index contributed by atoms with van der Waals surface area (Å²) in [5.41, 5.74) is 1.44. The summed E-state index contributed by atoms with van der Waals surface area (Å²) in [6.07, 6.45) is 2.99. The van der Waals surface area contributed by atoms with Gasteiger partial charge in [-0.05, 0) is 30.7 Å². The van der Waals surface area contributed by atoms with Gasteiger partial charge in [0, 0.05) is 12.4 Å². The molecule has 2 N–H and O–H groups in total. The van der Waals surface area contributed by atoms with E-state index in [1.165, 1.54) is 12.3 Å². The molecule has 1 amide bonds. The second kappa shape index (κ2) is 5.30. The first kappa shape index (κ1) is 12.8. The van der Waals surface area contributed by atoms with Crippen molar-refractivity contribution in [3.8, 4) is 0 Å². The summed E-state index contributed by atoms with van der Waals surface area (Å²) < 4.78 is 0. The molecule has 0 saturated heterocycles. The van der Waals surface area contributed by atoms with E-state index in [0.29, 0.717) is 16.8 Å². The number of aryl methyl sites for hydroxylation is 1. The van der Waals surface area contributed by atoms with Gasteiger partial charge in [-0.3, -0.25) is 9.78 Å². The molecular weight excluding hydrogens is 244 g/mol. The van der Waals surface area contributed by atoms with E-state index < -0.39 is 5.97 Å². The average molecular weight is 256 g/mol. The molecular formula is C14H12N2O3. The van der Waals surface area contributed by atoms with Crippen LogP contribution >= 0.6 is 0 Å². The Balaban J connectivity index is 2.34. The van der Waals surface area contributed by atoms with Crippen molar-refractivity contribution in [3.63, 3.8) is 0 Å². The number of nitrogens with one attached hydrogen (secondary N) is 1. The molecule has 0 aliphatic heterocycles. The highest BCUT2D eigenvalue weighted by Crippen LogP contribution is 2.21. The van der Waals surface area contributed by atoms with Crippen LogP contribution in [0.2, 0.25) is 0 Å². The van der Waals surface area contributed by atoms with E-state index in [0.717, 1.165) is 0 Å². The van der Waals surface area contributed by atoms with Crippen molar-refractivity contribution < 1.29 is 14.7 Å². The number of para-hydroxylation sites is 1. The van der Waals surface area contributed by atoms with E-state index in [-0.39, 0.29) is 11.5 Å². The second-order valence-corrected chi connectivity index (χ2v) is 4.00. The van der Waals surface area contributed by atoms with E-state index in [9.17, 15) is 9.59 Å². The van der Waals surface area contributed by atoms with Crippen molar-refractivity contribution in [2.24, 2.45) is 0 Å². The molecule has 96 valence electrons. The van der Waals surface area contributed by atoms with Gasteiger partial charge in [-0.25, -0.2) is 4.79 Å². The number of carbonyl (C=O) groups is 2. The first-order valence-corrected chi connectivity index (χ1v) is 5.64. The number of carbonyl (C=O) groups excluding carboxylic acids is 1. The Morgan fingerprint density at radius 1 is 1.21 bits per heavy atom. The van der Waals surface area contributed by atoms with Gasteiger partial charge in [0.05, 0.1) is 16.8 Å². The Morgan fingerprint density at radius 3 is 2.63 bits per heavy atom. The first-order chi connectivity index (χ1) is 9.09. The molecule has 0 spiro atoms. The molecule has 1 aromatic heterocycles. The number of anilines is 1. The number of nitrogens with zero attached hydrogens (tertiary/aromatic N) is 1. The molecule has 0 atom stereocenters. The Labute approximate surface area is 109 Å². The van der Waals surface area contributed by atoms with Crippen LogP contribution in [0.4, 0.5) is 5.69 Å². The highest BCUT2D eigenvalue weighted by Gasteiger charge is 2.15. The molecule has 1 aromatic carbocycles. The minimum atomic E-state index is -1.08. The zero-order valence-corrected chi connectivity index (χ0v) is 10.3. The molecule has 19 heavy (non-hydrogen) atoms. The number of amides is 1. The van der Waals surface area contributed by atoms with E-state index in [2.05, 4.69) is 10.3 Å². The van der Waals surface area contributed by atoms with Crippen LogP contribution in [0, 0.1) is 6.92 Å². The van der Waals surface area contributed by atoms with Crippen LogP contribution in [-0.2, 0) is 0 Å². The van der Waals surface area contributed by atoms with Gasteiger partial charge < -0.3 is 10.4 Å². The van der Waals surface area contributed by atoms with Crippen LogP contribution < -0.4 is 5.32 Å². The third kappa shape index (κ3) is 2.77. The van der Waals surface area contributed by atoms with Gasteiger partial charge in [-0.2, -0.15) is 0 Å². The number of benzene rings is 1. The lowest BCUT2D eigenvalue weighted by Crippen LogP contribution is -2.16. The molecule has 0 aliphatic rings. The smallest absolute Gasteiger partial charge is 0.337 e. The number of hydrogen-bond acceptors (Lipinski definition) is 3. The highest BCUT2D eigenvalue weighted by molar-refractivity contribution is 6.08. The summed E-state index contributed by atoms with van der Waals surface area (Å²) >= 11 is 0. The van der Waals surface area contributed by atoms with Crippen LogP contribution in [-0.4, -0.2) is 22.0 Å². The fourth-order valence-corrected chi connectivity index (χ4v) is 1.69. The predicted octanol–water partition coefficient (Wildman–Crippen LogP) is 2.34. The molecule has 2 rings (SSSR count). The van der Waals surface area contributed by atoms with Gasteiger partial charge >= 0.3 is 5.97 Å². The number of hydrogen-bond donors (Lipinski definition) is 2. The standard InChI is InChI=1S/C14H12N2O3/c1-9-4-2-6-11(14(18)19)12(9)16-13(17)10-5-3-7-15-8-10/h2-8H,1H3,(H,16,17)(H,18,19). The maximum absolute atomic E-state index is 12.0. The maximum atomic E-state index is 12.0. The number of pyridine rings is 1. The summed E-state index contributed by atoms with van der Waals surface area (Å²) in [6.45, 7) is 1.74. The zero-order valence-electron chi connectivity index (χ0n) is 10.3. The largest absolute Gasteiger partial charge is 0.478 e. The lowest BCUT2D eigenvalue weighted by Gasteiger charge is -2.11. The van der Waals surface area contributed by atoms with Gasteiger partial charge in [0.2, 0.25) is 0 Å². The Hall–Kier alpha value is -2.69. The number of rotatable bonds is 3. The van der Waals surface area contributed by atoms with Crippen molar-refractivity contribution in [2.75, 3.05) is 5.32 Å².